The molecule has 0 saturated heterocycles. The second-order valence-corrected chi connectivity index (χ2v) is 8.56. The van der Waals surface area contributed by atoms with Crippen molar-refractivity contribution in [1.82, 2.24) is 4.72 Å². The Bertz CT molecular complexity index is 540. The van der Waals surface area contributed by atoms with Gasteiger partial charge in [0.25, 0.3) is 0 Å². The van der Waals surface area contributed by atoms with E-state index in [0.717, 1.165) is 11.3 Å². The highest BCUT2D eigenvalue weighted by Crippen LogP contribution is 2.27. The average Bonchev–Trinajstić information content (AvgIpc) is 2.73. The number of hydrogen-bond acceptors (Lipinski definition) is 4. The number of carboxylic acids is 1. The fraction of sp³-hybridized carbons (Fsp3) is 0.500. The van der Waals surface area contributed by atoms with E-state index >= 15 is 0 Å². The van der Waals surface area contributed by atoms with Crippen molar-refractivity contribution in [3.8, 4) is 0 Å². The highest BCUT2D eigenvalue weighted by atomic mass is 79.9. The summed E-state index contributed by atoms with van der Waals surface area (Å²) in [7, 11) is -3.64. The van der Waals surface area contributed by atoms with Gasteiger partial charge in [0.05, 0.1) is 9.20 Å². The molecule has 0 aliphatic heterocycles. The van der Waals surface area contributed by atoms with Crippen molar-refractivity contribution in [2.75, 3.05) is 6.54 Å². The number of carboxylic acid groups (broad SMARTS) is 1. The summed E-state index contributed by atoms with van der Waals surface area (Å²) >= 11 is 4.26. The smallest absolute Gasteiger partial charge is 0.310 e. The summed E-state index contributed by atoms with van der Waals surface area (Å²) in [5.74, 6) is -1.01. The van der Waals surface area contributed by atoms with Crippen LogP contribution in [0.3, 0.4) is 0 Å². The maximum absolute atomic E-state index is 11.9. The minimum atomic E-state index is -3.64. The van der Waals surface area contributed by atoms with Gasteiger partial charge in [0.1, 0.15) is 4.21 Å². The molecule has 102 valence electrons. The third-order valence-corrected chi connectivity index (χ3v) is 6.28. The second kappa shape index (κ2) is 5.68. The Hall–Kier alpha value is -0.440. The van der Waals surface area contributed by atoms with Crippen LogP contribution in [0.2, 0.25) is 0 Å². The molecule has 0 fully saturated rings. The first-order valence-electron chi connectivity index (χ1n) is 5.19. The van der Waals surface area contributed by atoms with Crippen molar-refractivity contribution in [2.45, 2.75) is 24.5 Å². The third kappa shape index (κ3) is 3.53. The van der Waals surface area contributed by atoms with E-state index < -0.39 is 21.4 Å². The van der Waals surface area contributed by atoms with Crippen molar-refractivity contribution in [1.29, 1.82) is 0 Å². The van der Waals surface area contributed by atoms with Crippen LogP contribution in [0.25, 0.3) is 0 Å². The molecule has 1 aromatic heterocycles. The molecule has 0 amide bonds. The zero-order valence-corrected chi connectivity index (χ0v) is 13.2. The van der Waals surface area contributed by atoms with Crippen molar-refractivity contribution < 1.29 is 18.3 Å². The fourth-order valence-corrected chi connectivity index (χ4v) is 4.34. The number of hydrogen-bond donors (Lipinski definition) is 2. The van der Waals surface area contributed by atoms with E-state index in [1.165, 1.54) is 13.0 Å². The lowest BCUT2D eigenvalue weighted by atomic mass is 9.88. The van der Waals surface area contributed by atoms with Gasteiger partial charge in [0, 0.05) is 6.54 Å². The van der Waals surface area contributed by atoms with Gasteiger partial charge in [-0.25, -0.2) is 13.1 Å². The van der Waals surface area contributed by atoms with E-state index in [1.54, 1.807) is 13.0 Å². The van der Waals surface area contributed by atoms with Gasteiger partial charge in [0.15, 0.2) is 0 Å². The van der Waals surface area contributed by atoms with Gasteiger partial charge in [-0.05, 0) is 41.4 Å². The van der Waals surface area contributed by atoms with Crippen molar-refractivity contribution in [2.24, 2.45) is 5.41 Å². The summed E-state index contributed by atoms with van der Waals surface area (Å²) in [5.41, 5.74) is -1.10. The molecule has 1 aromatic rings. The molecule has 0 radical (unpaired) electrons. The SMILES string of the molecule is CCC(C)(CNS(=O)(=O)c1ccc(Br)s1)C(=O)O. The number of sulfonamides is 1. The van der Waals surface area contributed by atoms with Crippen LogP contribution in [0.5, 0.6) is 0 Å². The number of aliphatic carboxylic acids is 1. The van der Waals surface area contributed by atoms with Crippen LogP contribution in [0.4, 0.5) is 0 Å². The van der Waals surface area contributed by atoms with E-state index in [2.05, 4.69) is 20.7 Å². The summed E-state index contributed by atoms with van der Waals surface area (Å²) in [5, 5.41) is 9.06. The Labute approximate surface area is 118 Å². The van der Waals surface area contributed by atoms with Crippen molar-refractivity contribution >= 4 is 43.3 Å². The Morgan fingerprint density at radius 2 is 2.17 bits per heavy atom. The lowest BCUT2D eigenvalue weighted by molar-refractivity contribution is -0.147. The minimum Gasteiger partial charge on any atom is -0.481 e. The van der Waals surface area contributed by atoms with Gasteiger partial charge < -0.3 is 5.11 Å². The zero-order valence-electron chi connectivity index (χ0n) is 9.94. The highest BCUT2D eigenvalue weighted by molar-refractivity contribution is 9.11. The first-order valence-corrected chi connectivity index (χ1v) is 8.29. The Morgan fingerprint density at radius 1 is 1.56 bits per heavy atom. The summed E-state index contributed by atoms with van der Waals surface area (Å²) in [6.45, 7) is 3.10. The second-order valence-electron chi connectivity index (χ2n) is 4.10. The Kier molecular flexibility index (Phi) is 4.93. The van der Waals surface area contributed by atoms with E-state index in [-0.39, 0.29) is 10.8 Å². The van der Waals surface area contributed by atoms with Crippen LogP contribution in [0.1, 0.15) is 20.3 Å². The molecular formula is C10H14BrNO4S2. The normalized spacial score (nSPS) is 15.3. The van der Waals surface area contributed by atoms with Crippen molar-refractivity contribution in [3.63, 3.8) is 0 Å². The molecule has 18 heavy (non-hydrogen) atoms. The topological polar surface area (TPSA) is 83.5 Å². The quantitative estimate of drug-likeness (QED) is 0.819. The third-order valence-electron chi connectivity index (χ3n) is 2.76. The predicted octanol–water partition coefficient (Wildman–Crippen LogP) is 2.29. The summed E-state index contributed by atoms with van der Waals surface area (Å²) in [4.78, 5) is 11.1. The largest absolute Gasteiger partial charge is 0.481 e. The number of halogens is 1. The Balaban J connectivity index is 2.83. The van der Waals surface area contributed by atoms with Gasteiger partial charge >= 0.3 is 5.97 Å². The molecule has 1 rings (SSSR count). The van der Waals surface area contributed by atoms with E-state index in [9.17, 15) is 13.2 Å². The molecule has 0 aliphatic rings. The van der Waals surface area contributed by atoms with Crippen LogP contribution < -0.4 is 4.72 Å². The first-order chi connectivity index (χ1) is 8.21. The average molecular weight is 356 g/mol. The van der Waals surface area contributed by atoms with E-state index in [4.69, 9.17) is 5.11 Å². The summed E-state index contributed by atoms with van der Waals surface area (Å²) in [6.07, 6.45) is 0.346. The van der Waals surface area contributed by atoms with E-state index in [0.29, 0.717) is 10.2 Å². The zero-order chi connectivity index (χ0) is 14.0. The number of thiophene rings is 1. The number of nitrogens with one attached hydrogen (secondary N) is 1. The van der Waals surface area contributed by atoms with Crippen LogP contribution in [0.15, 0.2) is 20.1 Å². The van der Waals surface area contributed by atoms with Gasteiger partial charge in [-0.3, -0.25) is 4.79 Å². The molecule has 1 unspecified atom stereocenters. The van der Waals surface area contributed by atoms with Crippen LogP contribution in [-0.4, -0.2) is 26.0 Å². The maximum Gasteiger partial charge on any atom is 0.310 e. The molecular weight excluding hydrogens is 342 g/mol. The molecule has 0 aliphatic carbocycles. The molecule has 1 heterocycles. The number of rotatable bonds is 6. The molecule has 0 saturated carbocycles. The molecule has 2 N–H and O–H groups in total. The van der Waals surface area contributed by atoms with Gasteiger partial charge in [-0.15, -0.1) is 11.3 Å². The molecule has 8 heteroatoms. The van der Waals surface area contributed by atoms with Crippen LogP contribution in [-0.2, 0) is 14.8 Å². The maximum atomic E-state index is 11.9. The van der Waals surface area contributed by atoms with Crippen LogP contribution >= 0.6 is 27.3 Å². The molecule has 0 spiro atoms. The number of carbonyl (C=O) groups is 1. The monoisotopic (exact) mass is 355 g/mol. The summed E-state index contributed by atoms with van der Waals surface area (Å²) in [6, 6.07) is 3.11. The first kappa shape index (κ1) is 15.6. The fourth-order valence-electron chi connectivity index (χ4n) is 1.12. The van der Waals surface area contributed by atoms with E-state index in [1.807, 2.05) is 0 Å². The molecule has 5 nitrogen and oxygen atoms in total. The van der Waals surface area contributed by atoms with Gasteiger partial charge in [-0.2, -0.15) is 0 Å². The lowest BCUT2D eigenvalue weighted by Gasteiger charge is -2.22. The standard InChI is InChI=1S/C10H14BrNO4S2/c1-3-10(2,9(13)14)6-12-18(15,16)8-5-4-7(11)17-8/h4-5,12H,3,6H2,1-2H3,(H,13,14). The lowest BCUT2D eigenvalue weighted by Crippen LogP contribution is -2.40. The Morgan fingerprint density at radius 3 is 2.56 bits per heavy atom. The molecule has 0 bridgehead atoms. The summed E-state index contributed by atoms with van der Waals surface area (Å²) < 4.78 is 27.0. The van der Waals surface area contributed by atoms with Crippen LogP contribution in [0, 0.1) is 5.41 Å². The molecule has 1 atom stereocenters. The van der Waals surface area contributed by atoms with Crippen molar-refractivity contribution in [3.05, 3.63) is 15.9 Å². The predicted molar refractivity (Wildman–Crippen MR) is 73.2 cm³/mol. The molecule has 0 aromatic carbocycles. The highest BCUT2D eigenvalue weighted by Gasteiger charge is 2.33. The van der Waals surface area contributed by atoms with Gasteiger partial charge in [0.2, 0.25) is 10.0 Å². The van der Waals surface area contributed by atoms with Gasteiger partial charge in [-0.1, -0.05) is 6.92 Å². The minimum absolute atomic E-state index is 0.128.